The Balaban J connectivity index is 1.63. The van der Waals surface area contributed by atoms with Crippen LogP contribution < -0.4 is 10.2 Å². The molecule has 0 bridgehead atoms. The molecule has 0 aromatic carbocycles. The van der Waals surface area contributed by atoms with Crippen LogP contribution in [0.25, 0.3) is 10.2 Å². The maximum Gasteiger partial charge on any atom is 0.187 e. The lowest BCUT2D eigenvalue weighted by Gasteiger charge is -2.26. The van der Waals surface area contributed by atoms with Crippen molar-refractivity contribution in [3.8, 4) is 0 Å². The fourth-order valence-electron chi connectivity index (χ4n) is 4.06. The highest BCUT2D eigenvalue weighted by molar-refractivity contribution is 7.19. The van der Waals surface area contributed by atoms with Crippen LogP contribution in [0.15, 0.2) is 0 Å². The third-order valence-corrected chi connectivity index (χ3v) is 6.75. The van der Waals surface area contributed by atoms with Gasteiger partial charge in [-0.1, -0.05) is 6.92 Å². The second kappa shape index (κ2) is 7.17. The van der Waals surface area contributed by atoms with E-state index in [0.29, 0.717) is 6.54 Å². The Labute approximate surface area is 153 Å². The Kier molecular flexibility index (Phi) is 4.93. The molecule has 4 rings (SSSR count). The van der Waals surface area contributed by atoms with Gasteiger partial charge < -0.3 is 15.3 Å². The molecule has 0 unspecified atom stereocenters. The molecule has 1 saturated heterocycles. The summed E-state index contributed by atoms with van der Waals surface area (Å²) in [7, 11) is 0. The van der Waals surface area contributed by atoms with Gasteiger partial charge in [0, 0.05) is 11.4 Å². The van der Waals surface area contributed by atoms with E-state index in [9.17, 15) is 5.11 Å². The number of anilines is 1. The number of aromatic nitrogens is 2. The fourth-order valence-corrected chi connectivity index (χ4v) is 5.34. The van der Waals surface area contributed by atoms with Crippen LogP contribution in [0.1, 0.15) is 49.4 Å². The van der Waals surface area contributed by atoms with Crippen molar-refractivity contribution >= 4 is 27.4 Å². The normalized spacial score (nSPS) is 24.4. The molecule has 1 aliphatic heterocycles. The molecule has 1 aliphatic carbocycles. The van der Waals surface area contributed by atoms with Gasteiger partial charge >= 0.3 is 0 Å². The van der Waals surface area contributed by atoms with E-state index in [-0.39, 0.29) is 6.10 Å². The van der Waals surface area contributed by atoms with E-state index in [2.05, 4.69) is 12.2 Å². The minimum absolute atomic E-state index is 0.380. The van der Waals surface area contributed by atoms with Crippen LogP contribution in [0.2, 0.25) is 0 Å². The average Bonchev–Trinajstić information content (AvgIpc) is 3.15. The van der Waals surface area contributed by atoms with E-state index >= 15 is 0 Å². The van der Waals surface area contributed by atoms with Crippen molar-refractivity contribution < 1.29 is 10.0 Å². The van der Waals surface area contributed by atoms with Crippen molar-refractivity contribution in [3.63, 3.8) is 0 Å². The topological polar surface area (TPSA) is 62.5 Å². The predicted octanol–water partition coefficient (Wildman–Crippen LogP) is 1.79. The zero-order chi connectivity index (χ0) is 17.4. The fraction of sp³-hybridized carbons (Fsp3) is 0.684. The monoisotopic (exact) mass is 361 g/mol. The van der Waals surface area contributed by atoms with Gasteiger partial charge in [-0.3, -0.25) is 0 Å². The number of aliphatic hydroxyl groups excluding tert-OH is 1. The number of hydrogen-bond donors (Lipinski definition) is 3. The third kappa shape index (κ3) is 3.66. The van der Waals surface area contributed by atoms with Gasteiger partial charge in [0.15, 0.2) is 5.82 Å². The van der Waals surface area contributed by atoms with Gasteiger partial charge in [-0.15, -0.1) is 11.3 Å². The summed E-state index contributed by atoms with van der Waals surface area (Å²) in [5.41, 5.74) is 1.44. The number of piperidine rings is 1. The van der Waals surface area contributed by atoms with Crippen LogP contribution in [-0.2, 0) is 19.4 Å². The Morgan fingerprint density at radius 3 is 2.84 bits per heavy atom. The summed E-state index contributed by atoms with van der Waals surface area (Å²) < 4.78 is 0. The summed E-state index contributed by atoms with van der Waals surface area (Å²) in [4.78, 5) is 14.0. The van der Waals surface area contributed by atoms with Gasteiger partial charge in [-0.25, -0.2) is 9.97 Å². The summed E-state index contributed by atoms with van der Waals surface area (Å²) in [5, 5.41) is 14.3. The van der Waals surface area contributed by atoms with Crippen molar-refractivity contribution in [2.75, 3.05) is 25.0 Å². The first kappa shape index (κ1) is 17.2. The molecule has 3 heterocycles. The summed E-state index contributed by atoms with van der Waals surface area (Å²) in [6.07, 6.45) is 5.78. The number of fused-ring (bicyclic) bond motifs is 3. The van der Waals surface area contributed by atoms with E-state index < -0.39 is 0 Å². The number of nitrogens with zero attached hydrogens (tertiary/aromatic N) is 2. The van der Waals surface area contributed by atoms with Crippen LogP contribution in [0.3, 0.4) is 0 Å². The number of quaternary nitrogens is 1. The molecular weight excluding hydrogens is 332 g/mol. The highest BCUT2D eigenvalue weighted by Gasteiger charge is 2.25. The van der Waals surface area contributed by atoms with Gasteiger partial charge in [-0.2, -0.15) is 0 Å². The van der Waals surface area contributed by atoms with Gasteiger partial charge in [0.25, 0.3) is 0 Å². The van der Waals surface area contributed by atoms with Crippen molar-refractivity contribution in [1.82, 2.24) is 9.97 Å². The van der Waals surface area contributed by atoms with Crippen LogP contribution in [0.4, 0.5) is 5.82 Å². The molecule has 1 atom stereocenters. The number of likely N-dealkylation sites (tertiary alicyclic amines) is 1. The van der Waals surface area contributed by atoms with E-state index in [1.165, 1.54) is 54.6 Å². The number of aryl methyl sites for hydroxylation is 2. The summed E-state index contributed by atoms with van der Waals surface area (Å²) >= 11 is 1.85. The quantitative estimate of drug-likeness (QED) is 0.760. The summed E-state index contributed by atoms with van der Waals surface area (Å²) in [6, 6.07) is 0. The van der Waals surface area contributed by atoms with Crippen molar-refractivity contribution in [2.24, 2.45) is 5.92 Å². The highest BCUT2D eigenvalue weighted by Crippen LogP contribution is 2.39. The third-order valence-electron chi connectivity index (χ3n) is 5.57. The zero-order valence-corrected chi connectivity index (χ0v) is 16.1. The van der Waals surface area contributed by atoms with Crippen molar-refractivity contribution in [3.05, 3.63) is 16.3 Å². The number of aliphatic hydroxyl groups is 1. The van der Waals surface area contributed by atoms with Crippen LogP contribution >= 0.6 is 11.3 Å². The molecule has 2 aromatic rings. The standard InChI is InChI=1S/C19H28N4OS/c1-12-6-8-23(9-7-12)11-16-21-18(20-10-13(2)24)17-14-4-3-5-15(14)25-19(17)22-16/h12-13,24H,3-11H2,1-2H3,(H,20,21,22)/p+1/t13-/m0/s1. The first-order valence-corrected chi connectivity index (χ1v) is 10.5. The van der Waals surface area contributed by atoms with Crippen LogP contribution in [0.5, 0.6) is 0 Å². The Hall–Kier alpha value is -1.24. The molecule has 0 spiro atoms. The molecule has 2 aromatic heterocycles. The SMILES string of the molecule is CC1CC[NH+](Cc2nc(NC[C@H](C)O)c3c4c(sc3n2)CCC4)CC1. The Morgan fingerprint density at radius 2 is 2.08 bits per heavy atom. The minimum Gasteiger partial charge on any atom is -0.392 e. The Morgan fingerprint density at radius 1 is 1.28 bits per heavy atom. The van der Waals surface area contributed by atoms with Gasteiger partial charge in [0.2, 0.25) is 0 Å². The van der Waals surface area contributed by atoms with E-state index in [1.54, 1.807) is 4.90 Å². The Bertz CT molecular complexity index is 749. The molecule has 0 radical (unpaired) electrons. The zero-order valence-electron chi connectivity index (χ0n) is 15.3. The number of nitrogens with one attached hydrogen (secondary N) is 2. The highest BCUT2D eigenvalue weighted by atomic mass is 32.1. The largest absolute Gasteiger partial charge is 0.392 e. The van der Waals surface area contributed by atoms with Crippen LogP contribution in [0, 0.1) is 5.92 Å². The lowest BCUT2D eigenvalue weighted by Crippen LogP contribution is -3.11. The summed E-state index contributed by atoms with van der Waals surface area (Å²) in [5.74, 6) is 2.74. The van der Waals surface area contributed by atoms with Crippen LogP contribution in [-0.4, -0.2) is 40.8 Å². The first-order chi connectivity index (χ1) is 12.1. The van der Waals surface area contributed by atoms with E-state index in [1.807, 2.05) is 18.3 Å². The molecule has 0 amide bonds. The number of hydrogen-bond acceptors (Lipinski definition) is 5. The number of rotatable bonds is 5. The first-order valence-electron chi connectivity index (χ1n) is 9.67. The molecular formula is C19H29N4OS+. The number of thiophene rings is 1. The maximum atomic E-state index is 9.68. The second-order valence-corrected chi connectivity index (χ2v) is 8.95. The van der Waals surface area contributed by atoms with Gasteiger partial charge in [-0.05, 0) is 50.5 Å². The molecule has 0 saturated carbocycles. The van der Waals surface area contributed by atoms with E-state index in [4.69, 9.17) is 9.97 Å². The molecule has 6 heteroatoms. The smallest absolute Gasteiger partial charge is 0.187 e. The lowest BCUT2D eigenvalue weighted by atomic mass is 9.99. The van der Waals surface area contributed by atoms with E-state index in [0.717, 1.165) is 35.4 Å². The lowest BCUT2D eigenvalue weighted by molar-refractivity contribution is -0.920. The molecule has 3 N–H and O–H groups in total. The summed E-state index contributed by atoms with van der Waals surface area (Å²) in [6.45, 7) is 8.05. The van der Waals surface area contributed by atoms with Gasteiger partial charge in [0.05, 0.1) is 24.6 Å². The maximum absolute atomic E-state index is 9.68. The molecule has 1 fully saturated rings. The average molecular weight is 362 g/mol. The molecule has 5 nitrogen and oxygen atoms in total. The molecule has 136 valence electrons. The van der Waals surface area contributed by atoms with Crippen molar-refractivity contribution in [2.45, 2.75) is 58.6 Å². The van der Waals surface area contributed by atoms with Crippen molar-refractivity contribution in [1.29, 1.82) is 0 Å². The van der Waals surface area contributed by atoms with Gasteiger partial charge in [0.1, 0.15) is 17.2 Å². The second-order valence-electron chi connectivity index (χ2n) is 7.87. The molecule has 2 aliphatic rings. The molecule has 25 heavy (non-hydrogen) atoms. The minimum atomic E-state index is -0.380. The predicted molar refractivity (Wildman–Crippen MR) is 102 cm³/mol.